The molecule has 0 radical (unpaired) electrons. The first kappa shape index (κ1) is 14.8. The first-order valence-electron chi connectivity index (χ1n) is 5.05. The van der Waals surface area contributed by atoms with Gasteiger partial charge in [0, 0.05) is 11.8 Å². The van der Waals surface area contributed by atoms with Crippen molar-refractivity contribution < 1.29 is 9.66 Å². The van der Waals surface area contributed by atoms with Crippen LogP contribution in [0.15, 0.2) is 23.2 Å². The van der Waals surface area contributed by atoms with E-state index in [4.69, 9.17) is 21.6 Å². The number of guanidine groups is 1. The molecule has 0 atom stereocenters. The number of nitrogens with one attached hydrogen (secondary N) is 1. The van der Waals surface area contributed by atoms with Crippen LogP contribution in [0.5, 0.6) is 5.75 Å². The van der Waals surface area contributed by atoms with Crippen LogP contribution in [0.3, 0.4) is 0 Å². The van der Waals surface area contributed by atoms with Crippen LogP contribution in [0.25, 0.3) is 0 Å². The second-order valence-electron chi connectivity index (χ2n) is 3.43. The van der Waals surface area contributed by atoms with Crippen LogP contribution < -0.4 is 16.2 Å². The van der Waals surface area contributed by atoms with Gasteiger partial charge in [0.1, 0.15) is 5.75 Å². The zero-order valence-corrected chi connectivity index (χ0v) is 10.9. The molecular weight excluding hydrogens is 270 g/mol. The van der Waals surface area contributed by atoms with Crippen molar-refractivity contribution in [3.63, 3.8) is 0 Å². The second kappa shape index (κ2) is 6.59. The lowest BCUT2D eigenvalue weighted by Gasteiger charge is -2.04. The number of nitro benzene ring substituents is 1. The van der Waals surface area contributed by atoms with Gasteiger partial charge < -0.3 is 16.2 Å². The Kier molecular flexibility index (Phi) is 5.12. The smallest absolute Gasteiger partial charge is 0.273 e. The van der Waals surface area contributed by atoms with Crippen molar-refractivity contribution >= 4 is 28.6 Å². The standard InChI is InChI=1S/C10H13N5O3S/c1-18-8-3-6(2-7(4-8)15(16)17)5-19-10(13)14-9(11)12/h2-4H,5H2,1H3,(H5,11,12,13,14). The van der Waals surface area contributed by atoms with Gasteiger partial charge in [0.15, 0.2) is 11.1 Å². The molecule has 9 heteroatoms. The molecule has 0 saturated carbocycles. The number of nitrogens with two attached hydrogens (primary N) is 2. The summed E-state index contributed by atoms with van der Waals surface area (Å²) in [5, 5.41) is 18.1. The third-order valence-corrected chi connectivity index (χ3v) is 2.85. The van der Waals surface area contributed by atoms with Gasteiger partial charge in [-0.2, -0.15) is 4.99 Å². The largest absolute Gasteiger partial charge is 0.496 e. The lowest BCUT2D eigenvalue weighted by atomic mass is 10.2. The molecule has 0 fully saturated rings. The summed E-state index contributed by atoms with van der Waals surface area (Å²) >= 11 is 1.06. The summed E-state index contributed by atoms with van der Waals surface area (Å²) in [5.41, 5.74) is 10.9. The van der Waals surface area contributed by atoms with E-state index in [9.17, 15) is 10.1 Å². The number of benzene rings is 1. The van der Waals surface area contributed by atoms with Crippen molar-refractivity contribution in [2.75, 3.05) is 7.11 Å². The van der Waals surface area contributed by atoms with Crippen molar-refractivity contribution in [3.05, 3.63) is 33.9 Å². The van der Waals surface area contributed by atoms with Gasteiger partial charge in [-0.1, -0.05) is 11.8 Å². The van der Waals surface area contributed by atoms with E-state index in [0.717, 1.165) is 11.8 Å². The average molecular weight is 283 g/mol. The zero-order valence-electron chi connectivity index (χ0n) is 10.1. The quantitative estimate of drug-likeness (QED) is 0.326. The average Bonchev–Trinajstić information content (AvgIpc) is 2.35. The first-order valence-corrected chi connectivity index (χ1v) is 6.04. The molecule has 0 aromatic heterocycles. The van der Waals surface area contributed by atoms with Crippen LogP contribution in [0.4, 0.5) is 5.69 Å². The SMILES string of the molecule is COc1cc(CSC(=N)N=C(N)N)cc([N+](=O)[O-])c1. The number of aliphatic imine (C=N–C) groups is 1. The van der Waals surface area contributed by atoms with Crippen LogP contribution in [-0.2, 0) is 5.75 Å². The number of ether oxygens (including phenoxy) is 1. The predicted octanol–water partition coefficient (Wildman–Crippen LogP) is 1.04. The molecule has 102 valence electrons. The Labute approximate surface area is 113 Å². The fraction of sp³-hybridized carbons (Fsp3) is 0.200. The number of methoxy groups -OCH3 is 1. The number of hydrogen-bond donors (Lipinski definition) is 3. The normalized spacial score (nSPS) is 9.74. The summed E-state index contributed by atoms with van der Waals surface area (Å²) in [6.07, 6.45) is 0. The van der Waals surface area contributed by atoms with E-state index in [1.165, 1.54) is 19.2 Å². The third kappa shape index (κ3) is 4.84. The Hall–Kier alpha value is -2.29. The third-order valence-electron chi connectivity index (χ3n) is 2.00. The Bertz CT molecular complexity index is 528. The first-order chi connectivity index (χ1) is 8.92. The molecule has 0 spiro atoms. The highest BCUT2D eigenvalue weighted by atomic mass is 32.2. The highest BCUT2D eigenvalue weighted by molar-refractivity contribution is 8.13. The number of nitro groups is 1. The van der Waals surface area contributed by atoms with Crippen molar-refractivity contribution in [2.24, 2.45) is 16.5 Å². The molecule has 0 heterocycles. The van der Waals surface area contributed by atoms with E-state index in [1.54, 1.807) is 6.07 Å². The van der Waals surface area contributed by atoms with E-state index in [-0.39, 0.29) is 16.8 Å². The van der Waals surface area contributed by atoms with Crippen molar-refractivity contribution in [3.8, 4) is 5.75 Å². The zero-order chi connectivity index (χ0) is 14.4. The fourth-order valence-electron chi connectivity index (χ4n) is 1.25. The van der Waals surface area contributed by atoms with Crippen molar-refractivity contribution in [1.29, 1.82) is 5.41 Å². The molecule has 8 nitrogen and oxygen atoms in total. The lowest BCUT2D eigenvalue weighted by molar-refractivity contribution is -0.385. The van der Waals surface area contributed by atoms with Gasteiger partial charge in [-0.05, 0) is 11.6 Å². The van der Waals surface area contributed by atoms with Crippen molar-refractivity contribution in [2.45, 2.75) is 5.75 Å². The fourth-order valence-corrected chi connectivity index (χ4v) is 1.89. The van der Waals surface area contributed by atoms with Crippen molar-refractivity contribution in [1.82, 2.24) is 0 Å². The van der Waals surface area contributed by atoms with Gasteiger partial charge in [0.2, 0.25) is 0 Å². The molecule has 5 N–H and O–H groups in total. The molecule has 1 aromatic rings. The van der Waals surface area contributed by atoms with Gasteiger partial charge in [0.25, 0.3) is 5.69 Å². The Morgan fingerprint density at radius 1 is 1.53 bits per heavy atom. The molecular formula is C10H13N5O3S. The maximum atomic E-state index is 10.8. The van der Waals surface area contributed by atoms with Gasteiger partial charge in [0.05, 0.1) is 18.1 Å². The number of hydrogen-bond acceptors (Lipinski definition) is 5. The van der Waals surface area contributed by atoms with E-state index in [1.807, 2.05) is 0 Å². The summed E-state index contributed by atoms with van der Waals surface area (Å²) in [6, 6.07) is 4.40. The highest BCUT2D eigenvalue weighted by Gasteiger charge is 2.10. The van der Waals surface area contributed by atoms with Gasteiger partial charge >= 0.3 is 0 Å². The number of thioether (sulfide) groups is 1. The predicted molar refractivity (Wildman–Crippen MR) is 74.5 cm³/mol. The molecule has 0 amide bonds. The second-order valence-corrected chi connectivity index (χ2v) is 4.39. The van der Waals surface area contributed by atoms with E-state index >= 15 is 0 Å². The van der Waals surface area contributed by atoms with Crippen LogP contribution in [-0.4, -0.2) is 23.2 Å². The molecule has 0 saturated heterocycles. The van der Waals surface area contributed by atoms with Gasteiger partial charge in [-0.3, -0.25) is 15.5 Å². The highest BCUT2D eigenvalue weighted by Crippen LogP contribution is 2.25. The number of amidine groups is 1. The van der Waals surface area contributed by atoms with Gasteiger partial charge in [-0.25, -0.2) is 0 Å². The molecule has 0 aliphatic carbocycles. The summed E-state index contributed by atoms with van der Waals surface area (Å²) in [7, 11) is 1.43. The molecule has 1 aromatic carbocycles. The van der Waals surface area contributed by atoms with E-state index < -0.39 is 4.92 Å². The minimum absolute atomic E-state index is 0.0644. The molecule has 0 unspecified atom stereocenters. The Morgan fingerprint density at radius 3 is 2.74 bits per heavy atom. The monoisotopic (exact) mass is 283 g/mol. The van der Waals surface area contributed by atoms with Crippen LogP contribution in [0.2, 0.25) is 0 Å². The van der Waals surface area contributed by atoms with E-state index in [0.29, 0.717) is 17.1 Å². The van der Waals surface area contributed by atoms with Crippen LogP contribution in [0.1, 0.15) is 5.56 Å². The minimum Gasteiger partial charge on any atom is -0.496 e. The maximum Gasteiger partial charge on any atom is 0.273 e. The van der Waals surface area contributed by atoms with Crippen LogP contribution in [0, 0.1) is 15.5 Å². The maximum absolute atomic E-state index is 10.8. The number of non-ortho nitro benzene ring substituents is 1. The molecule has 19 heavy (non-hydrogen) atoms. The minimum atomic E-state index is -0.502. The summed E-state index contributed by atoms with van der Waals surface area (Å²) in [4.78, 5) is 13.8. The summed E-state index contributed by atoms with van der Waals surface area (Å²) in [5.74, 6) is 0.514. The molecule has 0 aliphatic rings. The Morgan fingerprint density at radius 2 is 2.21 bits per heavy atom. The number of rotatable bonds is 4. The lowest BCUT2D eigenvalue weighted by Crippen LogP contribution is -2.23. The Balaban J connectivity index is 2.83. The topological polar surface area (TPSA) is 141 Å². The summed E-state index contributed by atoms with van der Waals surface area (Å²) < 4.78 is 4.98. The molecule has 1 rings (SSSR count). The van der Waals surface area contributed by atoms with Crippen LogP contribution >= 0.6 is 11.8 Å². The summed E-state index contributed by atoms with van der Waals surface area (Å²) in [6.45, 7) is 0. The molecule has 0 aliphatic heterocycles. The van der Waals surface area contributed by atoms with E-state index in [2.05, 4.69) is 4.99 Å². The number of nitrogens with zero attached hydrogens (tertiary/aromatic N) is 2. The molecule has 0 bridgehead atoms. The van der Waals surface area contributed by atoms with Gasteiger partial charge in [-0.15, -0.1) is 0 Å².